The highest BCUT2D eigenvalue weighted by atomic mass is 16.6. The standard InChI is InChI=1S/C10H16O3/c1(2-7-5-11-7)3-9-10(13-9)4-8-6-12-8/h7-10H,1-6H2/t7-,8+,9+,10-/m1/s1. The van der Waals surface area contributed by atoms with Crippen molar-refractivity contribution in [1.29, 1.82) is 0 Å². The quantitative estimate of drug-likeness (QED) is 0.580. The second-order valence-electron chi connectivity index (χ2n) is 4.29. The Hall–Kier alpha value is -0.120. The Morgan fingerprint density at radius 3 is 2.38 bits per heavy atom. The number of hydrogen-bond acceptors (Lipinski definition) is 3. The van der Waals surface area contributed by atoms with E-state index >= 15 is 0 Å². The van der Waals surface area contributed by atoms with Gasteiger partial charge in [-0.1, -0.05) is 0 Å². The van der Waals surface area contributed by atoms with Crippen molar-refractivity contribution in [3.63, 3.8) is 0 Å². The molecule has 3 aliphatic rings. The summed E-state index contributed by atoms with van der Waals surface area (Å²) in [5.74, 6) is 0. The topological polar surface area (TPSA) is 37.6 Å². The van der Waals surface area contributed by atoms with Crippen LogP contribution < -0.4 is 0 Å². The highest BCUT2D eigenvalue weighted by Gasteiger charge is 2.42. The molecule has 74 valence electrons. The molecule has 3 aliphatic heterocycles. The molecule has 0 radical (unpaired) electrons. The minimum atomic E-state index is 0.521. The van der Waals surface area contributed by atoms with Crippen molar-refractivity contribution < 1.29 is 14.2 Å². The van der Waals surface area contributed by atoms with Gasteiger partial charge in [0.05, 0.1) is 37.6 Å². The third kappa shape index (κ3) is 2.42. The van der Waals surface area contributed by atoms with Gasteiger partial charge >= 0.3 is 0 Å². The third-order valence-corrected chi connectivity index (χ3v) is 3.00. The maximum atomic E-state index is 5.55. The van der Waals surface area contributed by atoms with E-state index in [1.807, 2.05) is 0 Å². The molecule has 3 fully saturated rings. The van der Waals surface area contributed by atoms with Crippen LogP contribution in [0.4, 0.5) is 0 Å². The Morgan fingerprint density at radius 2 is 1.69 bits per heavy atom. The first kappa shape index (κ1) is 8.21. The maximum absolute atomic E-state index is 5.55. The second kappa shape index (κ2) is 3.23. The Kier molecular flexibility index (Phi) is 2.04. The van der Waals surface area contributed by atoms with Crippen molar-refractivity contribution in [1.82, 2.24) is 0 Å². The molecule has 3 nitrogen and oxygen atoms in total. The summed E-state index contributed by atoms with van der Waals surface area (Å²) in [7, 11) is 0. The van der Waals surface area contributed by atoms with Gasteiger partial charge in [0, 0.05) is 6.42 Å². The summed E-state index contributed by atoms with van der Waals surface area (Å²) >= 11 is 0. The van der Waals surface area contributed by atoms with E-state index in [0.29, 0.717) is 24.4 Å². The normalized spacial score (nSPS) is 46.2. The van der Waals surface area contributed by atoms with Crippen LogP contribution in [0.2, 0.25) is 0 Å². The zero-order valence-corrected chi connectivity index (χ0v) is 7.78. The lowest BCUT2D eigenvalue weighted by atomic mass is 10.1. The Labute approximate surface area is 78.3 Å². The van der Waals surface area contributed by atoms with Crippen molar-refractivity contribution in [2.24, 2.45) is 0 Å². The first-order chi connectivity index (χ1) is 6.42. The minimum absolute atomic E-state index is 0.521. The molecule has 0 spiro atoms. The fraction of sp³-hybridized carbons (Fsp3) is 1.00. The minimum Gasteiger partial charge on any atom is -0.373 e. The van der Waals surface area contributed by atoms with Gasteiger partial charge in [-0.25, -0.2) is 0 Å². The van der Waals surface area contributed by atoms with Crippen LogP contribution in [0.1, 0.15) is 25.7 Å². The molecule has 4 atom stereocenters. The third-order valence-electron chi connectivity index (χ3n) is 3.00. The van der Waals surface area contributed by atoms with E-state index in [4.69, 9.17) is 14.2 Å². The summed E-state index contributed by atoms with van der Waals surface area (Å²) in [6.07, 6.45) is 7.02. The molecule has 3 rings (SSSR count). The molecule has 0 amide bonds. The molecule has 3 saturated heterocycles. The van der Waals surface area contributed by atoms with Crippen LogP contribution in [-0.4, -0.2) is 37.6 Å². The molecule has 0 unspecified atom stereocenters. The van der Waals surface area contributed by atoms with E-state index < -0.39 is 0 Å². The van der Waals surface area contributed by atoms with Crippen LogP contribution in [-0.2, 0) is 14.2 Å². The largest absolute Gasteiger partial charge is 0.373 e. The van der Waals surface area contributed by atoms with Crippen LogP contribution in [0.25, 0.3) is 0 Å². The Bertz CT molecular complexity index is 187. The lowest BCUT2D eigenvalue weighted by Gasteiger charge is -1.93. The van der Waals surface area contributed by atoms with Crippen molar-refractivity contribution >= 4 is 0 Å². The molecular formula is C10H16O3. The molecular weight excluding hydrogens is 168 g/mol. The Morgan fingerprint density at radius 1 is 0.923 bits per heavy atom. The summed E-state index contributed by atoms with van der Waals surface area (Å²) < 4.78 is 15.9. The van der Waals surface area contributed by atoms with Gasteiger partial charge in [-0.05, 0) is 19.3 Å². The molecule has 3 heterocycles. The van der Waals surface area contributed by atoms with Crippen LogP contribution in [0.15, 0.2) is 0 Å². The predicted molar refractivity (Wildman–Crippen MR) is 46.6 cm³/mol. The molecule has 3 heteroatoms. The molecule has 0 aliphatic carbocycles. The van der Waals surface area contributed by atoms with Gasteiger partial charge in [0.25, 0.3) is 0 Å². The summed E-state index contributed by atoms with van der Waals surface area (Å²) in [4.78, 5) is 0. The van der Waals surface area contributed by atoms with Gasteiger partial charge in [0.15, 0.2) is 0 Å². The molecule has 0 aromatic rings. The van der Waals surface area contributed by atoms with Crippen LogP contribution in [0, 0.1) is 0 Å². The fourth-order valence-electron chi connectivity index (χ4n) is 1.89. The van der Waals surface area contributed by atoms with Gasteiger partial charge in [0.2, 0.25) is 0 Å². The average Bonchev–Trinajstić information content (AvgIpc) is 2.91. The maximum Gasteiger partial charge on any atom is 0.0867 e. The molecule has 0 aromatic heterocycles. The highest BCUT2D eigenvalue weighted by molar-refractivity contribution is 4.89. The zero-order valence-electron chi connectivity index (χ0n) is 7.78. The highest BCUT2D eigenvalue weighted by Crippen LogP contribution is 2.34. The van der Waals surface area contributed by atoms with E-state index in [2.05, 4.69) is 0 Å². The lowest BCUT2D eigenvalue weighted by Crippen LogP contribution is -1.99. The fourth-order valence-corrected chi connectivity index (χ4v) is 1.89. The smallest absolute Gasteiger partial charge is 0.0867 e. The monoisotopic (exact) mass is 184 g/mol. The average molecular weight is 184 g/mol. The summed E-state index contributed by atoms with van der Waals surface area (Å²) in [6.45, 7) is 1.95. The predicted octanol–water partition coefficient (Wildman–Crippen LogP) is 1.11. The van der Waals surface area contributed by atoms with E-state index in [0.717, 1.165) is 19.6 Å². The van der Waals surface area contributed by atoms with Gasteiger partial charge in [-0.15, -0.1) is 0 Å². The van der Waals surface area contributed by atoms with Gasteiger partial charge < -0.3 is 14.2 Å². The van der Waals surface area contributed by atoms with Gasteiger partial charge in [-0.3, -0.25) is 0 Å². The van der Waals surface area contributed by atoms with Crippen LogP contribution >= 0.6 is 0 Å². The molecule has 0 bridgehead atoms. The van der Waals surface area contributed by atoms with E-state index in [1.54, 1.807) is 0 Å². The SMILES string of the molecule is C(C[C@@H]1CO1)C[C@@H]1O[C@@H]1C[C@H]1CO1. The number of rotatable bonds is 6. The van der Waals surface area contributed by atoms with E-state index in [1.165, 1.54) is 19.3 Å². The summed E-state index contributed by atoms with van der Waals surface area (Å²) in [5.41, 5.74) is 0. The first-order valence-electron chi connectivity index (χ1n) is 5.30. The molecule has 13 heavy (non-hydrogen) atoms. The number of hydrogen-bond donors (Lipinski definition) is 0. The van der Waals surface area contributed by atoms with Crippen molar-refractivity contribution in [2.45, 2.75) is 50.1 Å². The molecule has 0 saturated carbocycles. The number of epoxide rings is 3. The summed E-state index contributed by atoms with van der Waals surface area (Å²) in [5, 5.41) is 0. The number of ether oxygens (including phenoxy) is 3. The molecule has 0 N–H and O–H groups in total. The second-order valence-corrected chi connectivity index (χ2v) is 4.29. The van der Waals surface area contributed by atoms with Crippen LogP contribution in [0.3, 0.4) is 0 Å². The van der Waals surface area contributed by atoms with Crippen molar-refractivity contribution in [3.05, 3.63) is 0 Å². The van der Waals surface area contributed by atoms with E-state index in [-0.39, 0.29) is 0 Å². The van der Waals surface area contributed by atoms with Crippen molar-refractivity contribution in [3.8, 4) is 0 Å². The molecule has 0 aromatic carbocycles. The van der Waals surface area contributed by atoms with E-state index in [9.17, 15) is 0 Å². The lowest BCUT2D eigenvalue weighted by molar-refractivity contribution is 0.325. The van der Waals surface area contributed by atoms with Crippen molar-refractivity contribution in [2.75, 3.05) is 13.2 Å². The van der Waals surface area contributed by atoms with Gasteiger partial charge in [-0.2, -0.15) is 0 Å². The van der Waals surface area contributed by atoms with Gasteiger partial charge in [0.1, 0.15) is 0 Å². The van der Waals surface area contributed by atoms with Crippen LogP contribution in [0.5, 0.6) is 0 Å². The first-order valence-corrected chi connectivity index (χ1v) is 5.30. The zero-order chi connectivity index (χ0) is 8.67. The summed E-state index contributed by atoms with van der Waals surface area (Å²) in [6, 6.07) is 0. The Balaban J connectivity index is 1.25.